The Balaban J connectivity index is 1.96. The third-order valence-electron chi connectivity index (χ3n) is 3.39. The van der Waals surface area contributed by atoms with Crippen LogP contribution >= 0.6 is 0 Å². The van der Waals surface area contributed by atoms with Crippen molar-refractivity contribution in [1.82, 2.24) is 10.2 Å². The summed E-state index contributed by atoms with van der Waals surface area (Å²) in [5.41, 5.74) is 2.15. The fourth-order valence-corrected chi connectivity index (χ4v) is 2.23. The Hall–Kier alpha value is -1.39. The second-order valence-electron chi connectivity index (χ2n) is 4.72. The predicted molar refractivity (Wildman–Crippen MR) is 70.3 cm³/mol. The number of nitrogens with one attached hydrogen (secondary N) is 1. The Morgan fingerprint density at radius 1 is 1.39 bits per heavy atom. The van der Waals surface area contributed by atoms with Gasteiger partial charge in [-0.2, -0.15) is 0 Å². The van der Waals surface area contributed by atoms with Crippen LogP contribution in [-0.2, 0) is 11.2 Å². The monoisotopic (exact) mass is 248 g/mol. The van der Waals surface area contributed by atoms with Crippen molar-refractivity contribution in [3.8, 4) is 0 Å². The number of aryl methyl sites for hydroxylation is 1. The van der Waals surface area contributed by atoms with E-state index in [1.54, 1.807) is 4.90 Å². The van der Waals surface area contributed by atoms with Gasteiger partial charge in [0.1, 0.15) is 6.10 Å². The molecule has 1 unspecified atom stereocenters. The second-order valence-corrected chi connectivity index (χ2v) is 4.72. The lowest BCUT2D eigenvalue weighted by molar-refractivity contribution is -0.140. The van der Waals surface area contributed by atoms with Crippen LogP contribution in [0.5, 0.6) is 0 Å². The van der Waals surface area contributed by atoms with E-state index in [4.69, 9.17) is 0 Å². The van der Waals surface area contributed by atoms with E-state index in [0.717, 1.165) is 24.2 Å². The molecular formula is C14H20N2O2. The summed E-state index contributed by atoms with van der Waals surface area (Å²) >= 11 is 0. The molecule has 1 aromatic carbocycles. The normalized spacial score (nSPS) is 17.6. The first kappa shape index (κ1) is 13.1. The molecule has 98 valence electrons. The number of aliphatic hydroxyl groups is 1. The molecule has 1 fully saturated rings. The molecule has 0 aliphatic carbocycles. The van der Waals surface area contributed by atoms with Gasteiger partial charge in [-0.1, -0.05) is 24.3 Å². The molecule has 1 amide bonds. The minimum atomic E-state index is -0.927. The number of amides is 1. The van der Waals surface area contributed by atoms with Crippen molar-refractivity contribution in [3.05, 3.63) is 35.4 Å². The lowest BCUT2D eigenvalue weighted by Crippen LogP contribution is -2.50. The fraction of sp³-hybridized carbons (Fsp3) is 0.500. The molecule has 1 heterocycles. The van der Waals surface area contributed by atoms with Crippen molar-refractivity contribution in [2.24, 2.45) is 0 Å². The van der Waals surface area contributed by atoms with E-state index in [9.17, 15) is 9.90 Å². The molecule has 1 aliphatic rings. The van der Waals surface area contributed by atoms with Crippen molar-refractivity contribution in [1.29, 1.82) is 0 Å². The van der Waals surface area contributed by atoms with Crippen LogP contribution in [0.25, 0.3) is 0 Å². The molecule has 2 rings (SSSR count). The molecule has 4 heteroatoms. The van der Waals surface area contributed by atoms with Gasteiger partial charge in [-0.15, -0.1) is 0 Å². The van der Waals surface area contributed by atoms with Crippen LogP contribution < -0.4 is 5.32 Å². The predicted octanol–water partition coefficient (Wildman–Crippen LogP) is 0.330. The van der Waals surface area contributed by atoms with Crippen molar-refractivity contribution in [2.75, 3.05) is 26.2 Å². The molecule has 1 atom stereocenters. The van der Waals surface area contributed by atoms with Crippen LogP contribution in [-0.4, -0.2) is 48.2 Å². The van der Waals surface area contributed by atoms with Gasteiger partial charge in [0.2, 0.25) is 0 Å². The maximum atomic E-state index is 12.1. The summed E-state index contributed by atoms with van der Waals surface area (Å²) in [5, 5.41) is 13.2. The van der Waals surface area contributed by atoms with Gasteiger partial charge in [-0.25, -0.2) is 0 Å². The van der Waals surface area contributed by atoms with Gasteiger partial charge in [0.05, 0.1) is 0 Å². The van der Waals surface area contributed by atoms with E-state index in [1.807, 2.05) is 31.2 Å². The Morgan fingerprint density at radius 3 is 2.72 bits per heavy atom. The van der Waals surface area contributed by atoms with Crippen molar-refractivity contribution >= 4 is 5.91 Å². The van der Waals surface area contributed by atoms with E-state index < -0.39 is 6.10 Å². The average Bonchev–Trinajstić information content (AvgIpc) is 2.41. The Bertz CT molecular complexity index is 414. The van der Waals surface area contributed by atoms with Gasteiger partial charge >= 0.3 is 0 Å². The van der Waals surface area contributed by atoms with E-state index in [-0.39, 0.29) is 5.91 Å². The van der Waals surface area contributed by atoms with Crippen LogP contribution in [0.15, 0.2) is 24.3 Å². The Kier molecular flexibility index (Phi) is 4.33. The van der Waals surface area contributed by atoms with E-state index in [1.165, 1.54) is 0 Å². The summed E-state index contributed by atoms with van der Waals surface area (Å²) in [6.07, 6.45) is -0.528. The number of carbonyl (C=O) groups is 1. The lowest BCUT2D eigenvalue weighted by Gasteiger charge is -2.29. The molecule has 0 bridgehead atoms. The van der Waals surface area contributed by atoms with E-state index in [0.29, 0.717) is 19.5 Å². The molecule has 1 aliphatic heterocycles. The van der Waals surface area contributed by atoms with Crippen LogP contribution in [0, 0.1) is 6.92 Å². The Morgan fingerprint density at radius 2 is 2.06 bits per heavy atom. The van der Waals surface area contributed by atoms with Gasteiger partial charge in [-0.3, -0.25) is 4.79 Å². The van der Waals surface area contributed by atoms with Crippen LogP contribution in [0.3, 0.4) is 0 Å². The molecule has 1 aromatic rings. The van der Waals surface area contributed by atoms with Gasteiger partial charge in [0.25, 0.3) is 5.91 Å². The van der Waals surface area contributed by atoms with Crippen molar-refractivity contribution < 1.29 is 9.90 Å². The molecular weight excluding hydrogens is 228 g/mol. The number of benzene rings is 1. The summed E-state index contributed by atoms with van der Waals surface area (Å²) in [5.74, 6) is -0.153. The first-order chi connectivity index (χ1) is 8.68. The number of aliphatic hydroxyl groups excluding tert-OH is 1. The summed E-state index contributed by atoms with van der Waals surface area (Å²) in [7, 11) is 0. The first-order valence-corrected chi connectivity index (χ1v) is 6.40. The topological polar surface area (TPSA) is 52.6 Å². The SMILES string of the molecule is Cc1ccccc1CC(O)C(=O)N1CCNCC1. The van der Waals surface area contributed by atoms with Gasteiger partial charge in [-0.05, 0) is 18.1 Å². The summed E-state index contributed by atoms with van der Waals surface area (Å²) in [6.45, 7) is 4.98. The molecule has 0 saturated carbocycles. The number of hydrogen-bond acceptors (Lipinski definition) is 3. The number of nitrogens with zero attached hydrogens (tertiary/aromatic N) is 1. The highest BCUT2D eigenvalue weighted by Crippen LogP contribution is 2.11. The van der Waals surface area contributed by atoms with Crippen molar-refractivity contribution in [2.45, 2.75) is 19.4 Å². The molecule has 1 saturated heterocycles. The van der Waals surface area contributed by atoms with Gasteiger partial charge < -0.3 is 15.3 Å². The summed E-state index contributed by atoms with van der Waals surface area (Å²) in [4.78, 5) is 13.8. The summed E-state index contributed by atoms with van der Waals surface area (Å²) < 4.78 is 0. The number of piperazine rings is 1. The minimum absolute atomic E-state index is 0.153. The number of carbonyl (C=O) groups excluding carboxylic acids is 1. The van der Waals surface area contributed by atoms with Gasteiger partial charge in [0.15, 0.2) is 0 Å². The molecule has 0 aromatic heterocycles. The Labute approximate surface area is 108 Å². The van der Waals surface area contributed by atoms with E-state index >= 15 is 0 Å². The zero-order chi connectivity index (χ0) is 13.0. The summed E-state index contributed by atoms with van der Waals surface area (Å²) in [6, 6.07) is 7.86. The zero-order valence-corrected chi connectivity index (χ0v) is 10.7. The van der Waals surface area contributed by atoms with Gasteiger partial charge in [0, 0.05) is 32.6 Å². The zero-order valence-electron chi connectivity index (χ0n) is 10.7. The van der Waals surface area contributed by atoms with E-state index in [2.05, 4.69) is 5.32 Å². The third-order valence-corrected chi connectivity index (χ3v) is 3.39. The number of rotatable bonds is 3. The van der Waals surface area contributed by atoms with Crippen LogP contribution in [0.4, 0.5) is 0 Å². The second kappa shape index (κ2) is 5.98. The van der Waals surface area contributed by atoms with Crippen LogP contribution in [0.1, 0.15) is 11.1 Å². The molecule has 0 spiro atoms. The highest BCUT2D eigenvalue weighted by molar-refractivity contribution is 5.81. The van der Waals surface area contributed by atoms with Crippen LogP contribution in [0.2, 0.25) is 0 Å². The standard InChI is InChI=1S/C14H20N2O2/c1-11-4-2-3-5-12(11)10-13(17)14(18)16-8-6-15-7-9-16/h2-5,13,15,17H,6-10H2,1H3. The van der Waals surface area contributed by atoms with Crippen molar-refractivity contribution in [3.63, 3.8) is 0 Å². The molecule has 0 radical (unpaired) electrons. The number of hydrogen-bond donors (Lipinski definition) is 2. The maximum absolute atomic E-state index is 12.1. The molecule has 18 heavy (non-hydrogen) atoms. The third kappa shape index (κ3) is 3.09. The minimum Gasteiger partial charge on any atom is -0.383 e. The highest BCUT2D eigenvalue weighted by Gasteiger charge is 2.23. The highest BCUT2D eigenvalue weighted by atomic mass is 16.3. The largest absolute Gasteiger partial charge is 0.383 e. The smallest absolute Gasteiger partial charge is 0.251 e. The first-order valence-electron chi connectivity index (χ1n) is 6.40. The fourth-order valence-electron chi connectivity index (χ4n) is 2.23. The molecule has 2 N–H and O–H groups in total. The average molecular weight is 248 g/mol. The lowest BCUT2D eigenvalue weighted by atomic mass is 10.0. The quantitative estimate of drug-likeness (QED) is 0.810. The molecule has 4 nitrogen and oxygen atoms in total. The maximum Gasteiger partial charge on any atom is 0.251 e.